The Morgan fingerprint density at radius 2 is 1.86 bits per heavy atom. The topological polar surface area (TPSA) is 60.5 Å². The first kappa shape index (κ1) is 23.0. The van der Waals surface area contributed by atoms with Crippen molar-refractivity contribution in [1.29, 1.82) is 0 Å². The Morgan fingerprint density at radius 1 is 1.21 bits per heavy atom. The number of esters is 1. The maximum atomic E-state index is 12.6. The van der Waals surface area contributed by atoms with Gasteiger partial charge in [-0.25, -0.2) is 0 Å². The molecule has 0 spiro atoms. The van der Waals surface area contributed by atoms with Gasteiger partial charge in [0.1, 0.15) is 11.1 Å². The number of nitrogens with zero attached hydrogens (tertiary/aromatic N) is 1. The van der Waals surface area contributed by atoms with E-state index in [2.05, 4.69) is 50.2 Å². The molecule has 1 heterocycles. The second-order valence-corrected chi connectivity index (χ2v) is 15.3. The number of pyridine rings is 1. The van der Waals surface area contributed by atoms with Crippen molar-refractivity contribution in [2.45, 2.75) is 103 Å². The van der Waals surface area contributed by atoms with Gasteiger partial charge in [0.15, 0.2) is 8.32 Å². The maximum absolute atomic E-state index is 12.6. The van der Waals surface area contributed by atoms with Crippen LogP contribution in [-0.2, 0) is 27.1 Å². The lowest BCUT2D eigenvalue weighted by Gasteiger charge is -2.41. The lowest BCUT2D eigenvalue weighted by molar-refractivity contribution is -0.167. The number of hydrogen-bond acceptors (Lipinski definition) is 5. The molecule has 0 saturated heterocycles. The third kappa shape index (κ3) is 5.88. The zero-order chi connectivity index (χ0) is 21.2. The largest absolute Gasteiger partial charge is 0.459 e. The van der Waals surface area contributed by atoms with Gasteiger partial charge in [0, 0.05) is 12.7 Å². The van der Waals surface area contributed by atoms with E-state index >= 15 is 0 Å². The van der Waals surface area contributed by atoms with Gasteiger partial charge in [0.25, 0.3) is 0 Å². The summed E-state index contributed by atoms with van der Waals surface area (Å²) in [6.07, 6.45) is 4.49. The molecule has 0 aromatic carbocycles. The number of carbonyl (C=O) groups excluding carboxylic acids is 1. The molecule has 0 unspecified atom stereocenters. The molecule has 28 heavy (non-hydrogen) atoms. The second-order valence-electron chi connectivity index (χ2n) is 10.5. The lowest BCUT2D eigenvalue weighted by atomic mass is 9.76. The summed E-state index contributed by atoms with van der Waals surface area (Å²) in [6, 6.07) is 4.07. The molecule has 0 amide bonds. The number of hydrogen-bond donors (Lipinski definition) is 1. The second kappa shape index (κ2) is 8.25. The standard InChI is InChI=1S/C22H38N2O3Si/c1-20(2,3)27-19(25)22(11-9-12-22)24-15-18-14-17(10-13-23-18)16-26-28(7,8)21(4,5)6/h10,13-14,24H,9,11-12,15-16H2,1-8H3. The Bertz CT molecular complexity index is 686. The van der Waals surface area contributed by atoms with E-state index in [1.165, 1.54) is 0 Å². The monoisotopic (exact) mass is 406 g/mol. The third-order valence-corrected chi connectivity index (χ3v) is 10.4. The van der Waals surface area contributed by atoms with E-state index in [0.29, 0.717) is 13.2 Å². The van der Waals surface area contributed by atoms with Crippen molar-refractivity contribution in [1.82, 2.24) is 10.3 Å². The van der Waals surface area contributed by atoms with E-state index in [0.717, 1.165) is 30.5 Å². The number of nitrogens with one attached hydrogen (secondary N) is 1. The van der Waals surface area contributed by atoms with Crippen LogP contribution in [0.5, 0.6) is 0 Å². The number of carbonyl (C=O) groups is 1. The minimum atomic E-state index is -1.79. The Morgan fingerprint density at radius 3 is 2.36 bits per heavy atom. The predicted molar refractivity (Wildman–Crippen MR) is 115 cm³/mol. The number of rotatable bonds is 7. The van der Waals surface area contributed by atoms with Gasteiger partial charge in [-0.15, -0.1) is 0 Å². The van der Waals surface area contributed by atoms with E-state index in [4.69, 9.17) is 9.16 Å². The van der Waals surface area contributed by atoms with Gasteiger partial charge in [0.05, 0.1) is 12.3 Å². The molecule has 1 aromatic heterocycles. The summed E-state index contributed by atoms with van der Waals surface area (Å²) in [4.78, 5) is 17.1. The van der Waals surface area contributed by atoms with Crippen LogP contribution in [0.4, 0.5) is 0 Å². The van der Waals surface area contributed by atoms with E-state index in [1.807, 2.05) is 33.0 Å². The summed E-state index contributed by atoms with van der Waals surface area (Å²) in [7, 11) is -1.79. The smallest absolute Gasteiger partial charge is 0.326 e. The zero-order valence-electron chi connectivity index (χ0n) is 18.9. The molecule has 0 radical (unpaired) electrons. The minimum absolute atomic E-state index is 0.149. The summed E-state index contributed by atoms with van der Waals surface area (Å²) in [6.45, 7) is 18.1. The Labute approximate surface area is 171 Å². The molecule has 158 valence electrons. The minimum Gasteiger partial charge on any atom is -0.459 e. The van der Waals surface area contributed by atoms with Crippen molar-refractivity contribution in [2.24, 2.45) is 0 Å². The highest BCUT2D eigenvalue weighted by Crippen LogP contribution is 2.37. The third-order valence-electron chi connectivity index (χ3n) is 5.89. The van der Waals surface area contributed by atoms with Gasteiger partial charge in [0.2, 0.25) is 0 Å². The van der Waals surface area contributed by atoms with Gasteiger partial charge in [-0.05, 0) is 75.9 Å². The molecule has 1 aromatic rings. The average Bonchev–Trinajstić information content (AvgIpc) is 2.49. The summed E-state index contributed by atoms with van der Waals surface area (Å²) < 4.78 is 12.0. The molecule has 1 aliphatic rings. The molecule has 1 aliphatic carbocycles. The van der Waals surface area contributed by atoms with Gasteiger partial charge < -0.3 is 9.16 Å². The van der Waals surface area contributed by atoms with Crippen molar-refractivity contribution < 1.29 is 14.0 Å². The van der Waals surface area contributed by atoms with Crippen LogP contribution in [0, 0.1) is 0 Å². The molecule has 0 bridgehead atoms. The first-order chi connectivity index (χ1) is 12.7. The number of ether oxygens (including phenoxy) is 1. The van der Waals surface area contributed by atoms with Gasteiger partial charge in [-0.3, -0.25) is 15.1 Å². The van der Waals surface area contributed by atoms with Crippen LogP contribution in [0.15, 0.2) is 18.3 Å². The Balaban J connectivity index is 1.98. The van der Waals surface area contributed by atoms with E-state index in [1.54, 1.807) is 0 Å². The SMILES string of the molecule is CC(C)(C)OC(=O)C1(NCc2cc(CO[Si](C)(C)C(C)(C)C)ccn2)CCC1. The van der Waals surface area contributed by atoms with Crippen LogP contribution in [0.1, 0.15) is 72.1 Å². The van der Waals surface area contributed by atoms with Gasteiger partial charge in [-0.2, -0.15) is 0 Å². The molecular formula is C22H38N2O3Si. The molecule has 0 atom stereocenters. The molecule has 1 N–H and O–H groups in total. The molecule has 1 saturated carbocycles. The van der Waals surface area contributed by atoms with Gasteiger partial charge >= 0.3 is 5.97 Å². The first-order valence-corrected chi connectivity index (χ1v) is 13.2. The van der Waals surface area contributed by atoms with Crippen LogP contribution in [0.25, 0.3) is 0 Å². The highest BCUT2D eigenvalue weighted by atomic mass is 28.4. The normalized spacial score (nSPS) is 17.1. The highest BCUT2D eigenvalue weighted by molar-refractivity contribution is 6.74. The first-order valence-electron chi connectivity index (χ1n) is 10.3. The quantitative estimate of drug-likeness (QED) is 0.512. The van der Waals surface area contributed by atoms with E-state index in [9.17, 15) is 4.79 Å². The fourth-order valence-electron chi connectivity index (χ4n) is 2.81. The van der Waals surface area contributed by atoms with Gasteiger partial charge in [-0.1, -0.05) is 20.8 Å². The van der Waals surface area contributed by atoms with Crippen LogP contribution in [0.3, 0.4) is 0 Å². The average molecular weight is 407 g/mol. The Hall–Kier alpha value is -1.24. The van der Waals surface area contributed by atoms with E-state index in [-0.39, 0.29) is 11.0 Å². The zero-order valence-corrected chi connectivity index (χ0v) is 19.9. The summed E-state index contributed by atoms with van der Waals surface area (Å²) in [5.41, 5.74) is 1.01. The lowest BCUT2D eigenvalue weighted by Crippen LogP contribution is -2.58. The molecular weight excluding hydrogens is 368 g/mol. The Kier molecular flexibility index (Phi) is 6.78. The molecule has 2 rings (SSSR count). The molecule has 6 heteroatoms. The van der Waals surface area contributed by atoms with Crippen molar-refractivity contribution in [3.63, 3.8) is 0 Å². The van der Waals surface area contributed by atoms with Crippen LogP contribution in [0.2, 0.25) is 18.1 Å². The fraction of sp³-hybridized carbons (Fsp3) is 0.727. The van der Waals surface area contributed by atoms with Crippen LogP contribution in [-0.4, -0.2) is 30.4 Å². The van der Waals surface area contributed by atoms with Crippen LogP contribution < -0.4 is 5.32 Å². The maximum Gasteiger partial charge on any atom is 0.326 e. The van der Waals surface area contributed by atoms with Crippen LogP contribution >= 0.6 is 0 Å². The highest BCUT2D eigenvalue weighted by Gasteiger charge is 2.46. The van der Waals surface area contributed by atoms with Crippen molar-refractivity contribution in [2.75, 3.05) is 0 Å². The van der Waals surface area contributed by atoms with Crippen molar-refractivity contribution in [3.8, 4) is 0 Å². The summed E-state index contributed by atoms with van der Waals surface area (Å²) >= 11 is 0. The fourth-order valence-corrected chi connectivity index (χ4v) is 3.77. The van der Waals surface area contributed by atoms with Crippen molar-refractivity contribution in [3.05, 3.63) is 29.6 Å². The predicted octanol–water partition coefficient (Wildman–Crippen LogP) is 4.96. The summed E-state index contributed by atoms with van der Waals surface area (Å²) in [5.74, 6) is -0.149. The van der Waals surface area contributed by atoms with Crippen molar-refractivity contribution >= 4 is 14.3 Å². The number of aromatic nitrogens is 1. The molecule has 1 fully saturated rings. The molecule has 5 nitrogen and oxygen atoms in total. The van der Waals surface area contributed by atoms with E-state index < -0.39 is 19.5 Å². The summed E-state index contributed by atoms with van der Waals surface area (Å²) in [5, 5.41) is 3.61. The molecule has 0 aliphatic heterocycles.